The zero-order valence-electron chi connectivity index (χ0n) is 9.39. The van der Waals surface area contributed by atoms with Gasteiger partial charge in [0.25, 0.3) is 5.91 Å². The van der Waals surface area contributed by atoms with Gasteiger partial charge in [0, 0.05) is 13.1 Å². The summed E-state index contributed by atoms with van der Waals surface area (Å²) in [4.78, 5) is 36.8. The third kappa shape index (κ3) is 2.55. The van der Waals surface area contributed by atoms with Crippen LogP contribution in [0.25, 0.3) is 0 Å². The van der Waals surface area contributed by atoms with Gasteiger partial charge in [-0.25, -0.2) is 4.79 Å². The second-order valence-corrected chi connectivity index (χ2v) is 4.25. The molecule has 4 amide bonds. The summed E-state index contributed by atoms with van der Waals surface area (Å²) in [5, 5.41) is 11.7. The van der Waals surface area contributed by atoms with Crippen LogP contribution in [0.4, 0.5) is 4.79 Å². The van der Waals surface area contributed by atoms with Gasteiger partial charge in [-0.2, -0.15) is 0 Å². The van der Waals surface area contributed by atoms with Gasteiger partial charge in [-0.1, -0.05) is 0 Å². The normalized spacial score (nSPS) is 21.9. The van der Waals surface area contributed by atoms with E-state index in [0.717, 1.165) is 4.90 Å². The van der Waals surface area contributed by atoms with E-state index in [1.807, 2.05) is 0 Å². The minimum Gasteiger partial charge on any atom is -0.393 e. The molecule has 2 fully saturated rings. The fraction of sp³-hybridized carbons (Fsp3) is 0.700. The molecule has 2 saturated heterocycles. The van der Waals surface area contributed by atoms with Crippen molar-refractivity contribution in [3.8, 4) is 0 Å². The van der Waals surface area contributed by atoms with Crippen LogP contribution in [0.5, 0.6) is 0 Å². The molecule has 2 aliphatic heterocycles. The number of hydrogen-bond acceptors (Lipinski definition) is 4. The second kappa shape index (κ2) is 4.70. The fourth-order valence-corrected chi connectivity index (χ4v) is 1.97. The highest BCUT2D eigenvalue weighted by atomic mass is 16.3. The van der Waals surface area contributed by atoms with Gasteiger partial charge >= 0.3 is 6.03 Å². The lowest BCUT2D eigenvalue weighted by molar-refractivity contribution is -0.137. The number of hydrogen-bond donors (Lipinski definition) is 2. The smallest absolute Gasteiger partial charge is 0.325 e. The van der Waals surface area contributed by atoms with Crippen molar-refractivity contribution in [2.75, 3.05) is 26.2 Å². The zero-order valence-corrected chi connectivity index (χ0v) is 9.39. The Kier molecular flexibility index (Phi) is 3.28. The number of carbonyl (C=O) groups is 3. The standard InChI is InChI=1S/C10H15N3O4/c14-7-1-3-12(4-2-7)9(16)6-13-8(15)5-11-10(13)17/h7,14H,1-6H2,(H,11,17). The van der Waals surface area contributed by atoms with Crippen molar-refractivity contribution in [1.29, 1.82) is 0 Å². The Hall–Kier alpha value is -1.63. The Labute approximate surface area is 98.4 Å². The van der Waals surface area contributed by atoms with Crippen molar-refractivity contribution in [2.24, 2.45) is 0 Å². The lowest BCUT2D eigenvalue weighted by atomic mass is 10.1. The van der Waals surface area contributed by atoms with Crippen molar-refractivity contribution < 1.29 is 19.5 Å². The topological polar surface area (TPSA) is 90.0 Å². The molecule has 0 spiro atoms. The van der Waals surface area contributed by atoms with Gasteiger partial charge in [0.15, 0.2) is 0 Å². The second-order valence-electron chi connectivity index (χ2n) is 4.25. The molecular formula is C10H15N3O4. The SMILES string of the molecule is O=C(CN1C(=O)CNC1=O)N1CCC(O)CC1. The maximum atomic E-state index is 11.8. The summed E-state index contributed by atoms with van der Waals surface area (Å²) in [7, 11) is 0. The molecule has 0 aromatic carbocycles. The Morgan fingerprint density at radius 2 is 2.00 bits per heavy atom. The van der Waals surface area contributed by atoms with Crippen LogP contribution < -0.4 is 5.32 Å². The first-order valence-corrected chi connectivity index (χ1v) is 5.62. The number of imide groups is 1. The van der Waals surface area contributed by atoms with Crippen molar-refractivity contribution in [1.82, 2.24) is 15.1 Å². The van der Waals surface area contributed by atoms with Gasteiger partial charge in [-0.3, -0.25) is 14.5 Å². The molecule has 17 heavy (non-hydrogen) atoms. The van der Waals surface area contributed by atoms with Crippen LogP contribution in [-0.2, 0) is 9.59 Å². The number of aliphatic hydroxyl groups excluding tert-OH is 1. The average Bonchev–Trinajstić information content (AvgIpc) is 2.61. The monoisotopic (exact) mass is 241 g/mol. The molecular weight excluding hydrogens is 226 g/mol. The van der Waals surface area contributed by atoms with Crippen molar-refractivity contribution in [3.05, 3.63) is 0 Å². The molecule has 0 bridgehead atoms. The van der Waals surface area contributed by atoms with E-state index in [0.29, 0.717) is 25.9 Å². The number of rotatable bonds is 2. The summed E-state index contributed by atoms with van der Waals surface area (Å²) < 4.78 is 0. The van der Waals surface area contributed by atoms with Crippen LogP contribution in [0, 0.1) is 0 Å². The van der Waals surface area contributed by atoms with E-state index in [-0.39, 0.29) is 31.0 Å². The van der Waals surface area contributed by atoms with Gasteiger partial charge in [0.1, 0.15) is 6.54 Å². The van der Waals surface area contributed by atoms with Gasteiger partial charge in [0.05, 0.1) is 12.6 Å². The fourth-order valence-electron chi connectivity index (χ4n) is 1.97. The van der Waals surface area contributed by atoms with Crippen LogP contribution in [0.3, 0.4) is 0 Å². The van der Waals surface area contributed by atoms with E-state index in [4.69, 9.17) is 0 Å². The quantitative estimate of drug-likeness (QED) is 0.577. The molecule has 94 valence electrons. The lowest BCUT2D eigenvalue weighted by Crippen LogP contribution is -2.46. The predicted molar refractivity (Wildman–Crippen MR) is 56.9 cm³/mol. The third-order valence-corrected chi connectivity index (χ3v) is 3.05. The van der Waals surface area contributed by atoms with Crippen LogP contribution in [0.1, 0.15) is 12.8 Å². The number of likely N-dealkylation sites (tertiary alicyclic amines) is 1. The average molecular weight is 241 g/mol. The van der Waals surface area contributed by atoms with Gasteiger partial charge in [0.2, 0.25) is 5.91 Å². The molecule has 7 heteroatoms. The molecule has 0 aromatic rings. The highest BCUT2D eigenvalue weighted by molar-refractivity contribution is 6.04. The number of aliphatic hydroxyl groups is 1. The molecule has 2 aliphatic rings. The molecule has 0 aromatic heterocycles. The number of urea groups is 1. The highest BCUT2D eigenvalue weighted by Crippen LogP contribution is 2.11. The molecule has 0 atom stereocenters. The number of nitrogens with one attached hydrogen (secondary N) is 1. The Bertz CT molecular complexity index is 333. The summed E-state index contributed by atoms with van der Waals surface area (Å²) in [6.45, 7) is 0.707. The molecule has 2 heterocycles. The summed E-state index contributed by atoms with van der Waals surface area (Å²) >= 11 is 0. The van der Waals surface area contributed by atoms with Crippen LogP contribution in [-0.4, -0.2) is 65.0 Å². The molecule has 0 saturated carbocycles. The van der Waals surface area contributed by atoms with E-state index in [9.17, 15) is 19.5 Å². The van der Waals surface area contributed by atoms with Crippen LogP contribution >= 0.6 is 0 Å². The minimum atomic E-state index is -0.514. The minimum absolute atomic E-state index is 0.0369. The molecule has 2 rings (SSSR count). The third-order valence-electron chi connectivity index (χ3n) is 3.05. The first-order valence-electron chi connectivity index (χ1n) is 5.62. The maximum absolute atomic E-state index is 11.8. The summed E-state index contributed by atoms with van der Waals surface area (Å²) in [6.07, 6.45) is 0.744. The van der Waals surface area contributed by atoms with Crippen molar-refractivity contribution in [2.45, 2.75) is 18.9 Å². The van der Waals surface area contributed by atoms with E-state index in [2.05, 4.69) is 5.32 Å². The predicted octanol–water partition coefficient (Wildman–Crippen LogP) is -1.48. The number of nitrogens with zero attached hydrogens (tertiary/aromatic N) is 2. The van der Waals surface area contributed by atoms with Crippen molar-refractivity contribution in [3.63, 3.8) is 0 Å². The Morgan fingerprint density at radius 1 is 1.35 bits per heavy atom. The highest BCUT2D eigenvalue weighted by Gasteiger charge is 2.32. The van der Waals surface area contributed by atoms with Crippen LogP contribution in [0.2, 0.25) is 0 Å². The number of carbonyl (C=O) groups excluding carboxylic acids is 3. The Balaban J connectivity index is 1.88. The number of amides is 4. The van der Waals surface area contributed by atoms with E-state index in [1.165, 1.54) is 0 Å². The largest absolute Gasteiger partial charge is 0.393 e. The summed E-state index contributed by atoms with van der Waals surface area (Å²) in [5.74, 6) is -0.623. The van der Waals surface area contributed by atoms with E-state index in [1.54, 1.807) is 4.90 Å². The molecule has 7 nitrogen and oxygen atoms in total. The first-order chi connectivity index (χ1) is 8.08. The molecule has 2 N–H and O–H groups in total. The van der Waals surface area contributed by atoms with Gasteiger partial charge in [-0.15, -0.1) is 0 Å². The summed E-state index contributed by atoms with van der Waals surface area (Å²) in [6, 6.07) is -0.514. The maximum Gasteiger partial charge on any atom is 0.325 e. The van der Waals surface area contributed by atoms with Gasteiger partial charge < -0.3 is 15.3 Å². The molecule has 0 radical (unpaired) electrons. The first kappa shape index (κ1) is 11.8. The molecule has 0 aliphatic carbocycles. The van der Waals surface area contributed by atoms with Crippen LogP contribution in [0.15, 0.2) is 0 Å². The summed E-state index contributed by atoms with van der Waals surface area (Å²) in [5.41, 5.74) is 0. The Morgan fingerprint density at radius 3 is 2.53 bits per heavy atom. The van der Waals surface area contributed by atoms with Gasteiger partial charge in [-0.05, 0) is 12.8 Å². The molecule has 0 unspecified atom stereocenters. The number of piperidine rings is 1. The van der Waals surface area contributed by atoms with E-state index >= 15 is 0 Å². The van der Waals surface area contributed by atoms with Crippen molar-refractivity contribution >= 4 is 17.8 Å². The van der Waals surface area contributed by atoms with E-state index < -0.39 is 6.03 Å². The lowest BCUT2D eigenvalue weighted by Gasteiger charge is -2.30. The zero-order chi connectivity index (χ0) is 12.4.